The van der Waals surface area contributed by atoms with Gasteiger partial charge in [0.2, 0.25) is 0 Å². The Bertz CT molecular complexity index is 656. The minimum Gasteiger partial charge on any atom is -0.349 e. The van der Waals surface area contributed by atoms with E-state index in [4.69, 9.17) is 5.73 Å². The predicted octanol–water partition coefficient (Wildman–Crippen LogP) is 2.52. The van der Waals surface area contributed by atoms with Gasteiger partial charge >= 0.3 is 0 Å². The van der Waals surface area contributed by atoms with Gasteiger partial charge in [0.15, 0.2) is 5.69 Å². The van der Waals surface area contributed by atoms with Gasteiger partial charge in [-0.25, -0.2) is 4.68 Å². The van der Waals surface area contributed by atoms with Gasteiger partial charge in [-0.1, -0.05) is 22.0 Å². The molecule has 0 aliphatic heterocycles. The maximum absolute atomic E-state index is 12.1. The number of nitrogens with two attached hydrogens (primary N) is 1. The zero-order valence-corrected chi connectivity index (χ0v) is 14.3. The highest BCUT2D eigenvalue weighted by Crippen LogP contribution is 2.31. The molecule has 0 radical (unpaired) electrons. The Hall–Kier alpha value is -1.37. The van der Waals surface area contributed by atoms with Crippen molar-refractivity contribution in [2.45, 2.75) is 18.9 Å². The van der Waals surface area contributed by atoms with Crippen molar-refractivity contribution in [1.29, 1.82) is 0 Å². The lowest BCUT2D eigenvalue weighted by atomic mass is 10.2. The maximum atomic E-state index is 12.1. The number of halogens is 2. The summed E-state index contributed by atoms with van der Waals surface area (Å²) < 4.78 is 2.65. The first kappa shape index (κ1) is 17.0. The summed E-state index contributed by atoms with van der Waals surface area (Å²) in [5.41, 5.74) is 7.27. The van der Waals surface area contributed by atoms with Crippen LogP contribution < -0.4 is 11.1 Å². The SMILES string of the molecule is Cl.NC(CNC(=O)c1ccn(-c2cccc(Br)c2)n1)C1CC1. The Kier molecular flexibility index (Phi) is 5.61. The summed E-state index contributed by atoms with van der Waals surface area (Å²) in [6.07, 6.45) is 4.13. The molecule has 0 bridgehead atoms. The van der Waals surface area contributed by atoms with Crippen LogP contribution in [-0.2, 0) is 0 Å². The van der Waals surface area contributed by atoms with Crippen molar-refractivity contribution in [2.24, 2.45) is 11.7 Å². The molecule has 22 heavy (non-hydrogen) atoms. The molecule has 1 amide bonds. The first-order valence-electron chi connectivity index (χ1n) is 6.99. The van der Waals surface area contributed by atoms with Crippen molar-refractivity contribution >= 4 is 34.2 Å². The number of hydrogen-bond acceptors (Lipinski definition) is 3. The number of amides is 1. The second kappa shape index (κ2) is 7.26. The van der Waals surface area contributed by atoms with Crippen molar-refractivity contribution in [2.75, 3.05) is 6.54 Å². The molecule has 118 valence electrons. The largest absolute Gasteiger partial charge is 0.349 e. The van der Waals surface area contributed by atoms with Crippen molar-refractivity contribution in [3.05, 3.63) is 46.7 Å². The fraction of sp³-hybridized carbons (Fsp3) is 0.333. The van der Waals surface area contributed by atoms with Crippen LogP contribution in [0.3, 0.4) is 0 Å². The Morgan fingerprint density at radius 2 is 2.23 bits per heavy atom. The zero-order valence-electron chi connectivity index (χ0n) is 11.9. The lowest BCUT2D eigenvalue weighted by Crippen LogP contribution is -2.38. The molecule has 1 saturated carbocycles. The number of aromatic nitrogens is 2. The van der Waals surface area contributed by atoms with E-state index in [2.05, 4.69) is 26.3 Å². The molecule has 0 spiro atoms. The van der Waals surface area contributed by atoms with Crippen LogP contribution in [0.1, 0.15) is 23.3 Å². The summed E-state index contributed by atoms with van der Waals surface area (Å²) in [6.45, 7) is 0.507. The molecule has 5 nitrogen and oxygen atoms in total. The number of nitrogens with zero attached hydrogens (tertiary/aromatic N) is 2. The topological polar surface area (TPSA) is 72.9 Å². The van der Waals surface area contributed by atoms with Gasteiger partial charge in [-0.2, -0.15) is 5.10 Å². The van der Waals surface area contributed by atoms with Crippen LogP contribution in [0.15, 0.2) is 41.0 Å². The van der Waals surface area contributed by atoms with Crippen LogP contribution in [-0.4, -0.2) is 28.3 Å². The molecule has 1 atom stereocenters. The molecule has 1 aliphatic rings. The molecule has 3 N–H and O–H groups in total. The molecule has 1 aromatic heterocycles. The average Bonchev–Trinajstić information content (AvgIpc) is 3.21. The van der Waals surface area contributed by atoms with Gasteiger partial charge in [0.05, 0.1) is 5.69 Å². The molecule has 1 aromatic carbocycles. The van der Waals surface area contributed by atoms with Crippen molar-refractivity contribution in [3.8, 4) is 5.69 Å². The molecule has 3 rings (SSSR count). The Labute approximate surface area is 143 Å². The van der Waals surface area contributed by atoms with E-state index in [9.17, 15) is 4.79 Å². The normalized spacial score (nSPS) is 15.0. The van der Waals surface area contributed by atoms with E-state index in [0.29, 0.717) is 18.2 Å². The fourth-order valence-corrected chi connectivity index (χ4v) is 2.59. The molecule has 7 heteroatoms. The summed E-state index contributed by atoms with van der Waals surface area (Å²) in [7, 11) is 0. The summed E-state index contributed by atoms with van der Waals surface area (Å²) in [4.78, 5) is 12.1. The zero-order chi connectivity index (χ0) is 14.8. The minimum atomic E-state index is -0.181. The summed E-state index contributed by atoms with van der Waals surface area (Å²) in [5.74, 6) is 0.393. The van der Waals surface area contributed by atoms with Gasteiger partial charge in [-0.05, 0) is 43.0 Å². The second-order valence-electron chi connectivity index (χ2n) is 5.34. The van der Waals surface area contributed by atoms with Crippen molar-refractivity contribution in [3.63, 3.8) is 0 Å². The van der Waals surface area contributed by atoms with Crippen LogP contribution in [0, 0.1) is 5.92 Å². The molecule has 1 unspecified atom stereocenters. The summed E-state index contributed by atoms with van der Waals surface area (Å²) in [5, 5.41) is 7.15. The lowest BCUT2D eigenvalue weighted by Gasteiger charge is -2.10. The molecule has 1 aliphatic carbocycles. The number of carbonyl (C=O) groups excluding carboxylic acids is 1. The molecule has 2 aromatic rings. The average molecular weight is 386 g/mol. The van der Waals surface area contributed by atoms with E-state index >= 15 is 0 Å². The number of hydrogen-bond donors (Lipinski definition) is 2. The molecule has 0 saturated heterocycles. The Morgan fingerprint density at radius 3 is 2.91 bits per heavy atom. The van der Waals surface area contributed by atoms with E-state index < -0.39 is 0 Å². The third kappa shape index (κ3) is 4.09. The van der Waals surface area contributed by atoms with Crippen LogP contribution >= 0.6 is 28.3 Å². The maximum Gasteiger partial charge on any atom is 0.271 e. The van der Waals surface area contributed by atoms with Gasteiger partial charge in [0.25, 0.3) is 5.91 Å². The Balaban J connectivity index is 0.00000176. The third-order valence-electron chi connectivity index (χ3n) is 3.62. The molecular formula is C15H18BrClN4O. The van der Waals surface area contributed by atoms with Crippen LogP contribution in [0.2, 0.25) is 0 Å². The molecular weight excluding hydrogens is 368 g/mol. The smallest absolute Gasteiger partial charge is 0.271 e. The number of benzene rings is 1. The van der Waals surface area contributed by atoms with Gasteiger partial charge in [-0.3, -0.25) is 4.79 Å². The van der Waals surface area contributed by atoms with Crippen LogP contribution in [0.4, 0.5) is 0 Å². The van der Waals surface area contributed by atoms with E-state index in [1.165, 1.54) is 12.8 Å². The number of nitrogens with one attached hydrogen (secondary N) is 1. The molecule has 1 heterocycles. The summed E-state index contributed by atoms with van der Waals surface area (Å²) in [6, 6.07) is 9.51. The van der Waals surface area contributed by atoms with Crippen LogP contribution in [0.5, 0.6) is 0 Å². The van der Waals surface area contributed by atoms with Gasteiger partial charge < -0.3 is 11.1 Å². The van der Waals surface area contributed by atoms with Gasteiger partial charge in [-0.15, -0.1) is 12.4 Å². The third-order valence-corrected chi connectivity index (χ3v) is 4.11. The summed E-state index contributed by atoms with van der Waals surface area (Å²) >= 11 is 3.42. The van der Waals surface area contributed by atoms with Gasteiger partial charge in [0, 0.05) is 23.3 Å². The highest BCUT2D eigenvalue weighted by Gasteiger charge is 2.28. The van der Waals surface area contributed by atoms with Gasteiger partial charge in [0.1, 0.15) is 0 Å². The van der Waals surface area contributed by atoms with E-state index in [1.807, 2.05) is 24.3 Å². The lowest BCUT2D eigenvalue weighted by molar-refractivity contribution is 0.0945. The quantitative estimate of drug-likeness (QED) is 0.830. The van der Waals surface area contributed by atoms with E-state index in [1.54, 1.807) is 16.9 Å². The predicted molar refractivity (Wildman–Crippen MR) is 91.5 cm³/mol. The molecule has 1 fully saturated rings. The minimum absolute atomic E-state index is 0. The highest BCUT2D eigenvalue weighted by molar-refractivity contribution is 9.10. The highest BCUT2D eigenvalue weighted by atomic mass is 79.9. The first-order chi connectivity index (χ1) is 10.1. The fourth-order valence-electron chi connectivity index (χ4n) is 2.20. The van der Waals surface area contributed by atoms with Crippen molar-refractivity contribution in [1.82, 2.24) is 15.1 Å². The van der Waals surface area contributed by atoms with E-state index in [0.717, 1.165) is 10.2 Å². The van der Waals surface area contributed by atoms with Crippen molar-refractivity contribution < 1.29 is 4.79 Å². The monoisotopic (exact) mass is 384 g/mol. The standard InChI is InChI=1S/C15H17BrN4O.ClH/c16-11-2-1-3-12(8-11)20-7-6-14(19-20)15(21)18-9-13(17)10-4-5-10;/h1-3,6-8,10,13H,4-5,9,17H2,(H,18,21);1H. The Morgan fingerprint density at radius 1 is 1.45 bits per heavy atom. The number of carbonyl (C=O) groups is 1. The first-order valence-corrected chi connectivity index (χ1v) is 7.78. The second-order valence-corrected chi connectivity index (χ2v) is 6.25. The van der Waals surface area contributed by atoms with Crippen LogP contribution in [0.25, 0.3) is 5.69 Å². The number of rotatable bonds is 5. The van der Waals surface area contributed by atoms with E-state index in [-0.39, 0.29) is 24.4 Å².